The first-order chi connectivity index (χ1) is 17.0. The van der Waals surface area contributed by atoms with Gasteiger partial charge >= 0.3 is 0 Å². The van der Waals surface area contributed by atoms with E-state index in [4.69, 9.17) is 52.9 Å². The van der Waals surface area contributed by atoms with Gasteiger partial charge in [0.2, 0.25) is 0 Å². The predicted octanol–water partition coefficient (Wildman–Crippen LogP) is 5.45. The van der Waals surface area contributed by atoms with Crippen LogP contribution in [0.2, 0.25) is 10.0 Å². The van der Waals surface area contributed by atoms with Gasteiger partial charge in [0.1, 0.15) is 23.1 Å². The van der Waals surface area contributed by atoms with Gasteiger partial charge in [-0.2, -0.15) is 0 Å². The molecule has 0 bridgehead atoms. The summed E-state index contributed by atoms with van der Waals surface area (Å²) in [5, 5.41) is 5.87. The molecule has 2 aromatic heterocycles. The molecule has 0 radical (unpaired) electrons. The van der Waals surface area contributed by atoms with Crippen LogP contribution in [-0.4, -0.2) is 57.2 Å². The monoisotopic (exact) mass is 520 g/mol. The molecule has 8 nitrogen and oxygen atoms in total. The van der Waals surface area contributed by atoms with Crippen molar-refractivity contribution < 1.29 is 18.9 Å². The Morgan fingerprint density at radius 3 is 2.31 bits per heavy atom. The third kappa shape index (κ3) is 6.01. The molecule has 0 amide bonds. The third-order valence-electron chi connectivity index (χ3n) is 5.97. The van der Waals surface area contributed by atoms with Gasteiger partial charge in [0.25, 0.3) is 0 Å². The van der Waals surface area contributed by atoms with Crippen molar-refractivity contribution in [3.05, 3.63) is 34.4 Å². The molecule has 1 atom stereocenters. The second-order valence-electron chi connectivity index (χ2n) is 8.40. The number of nitrogens with one attached hydrogen (secondary N) is 1. The summed E-state index contributed by atoms with van der Waals surface area (Å²) in [6, 6.07) is 5.32. The van der Waals surface area contributed by atoms with Crippen LogP contribution in [0.4, 0.5) is 11.6 Å². The maximum Gasteiger partial charge on any atom is 0.141 e. The summed E-state index contributed by atoms with van der Waals surface area (Å²) in [5.74, 6) is 2.42. The zero-order valence-electron chi connectivity index (χ0n) is 19.9. The van der Waals surface area contributed by atoms with Crippen molar-refractivity contribution >= 4 is 45.6 Å². The minimum Gasteiger partial charge on any atom is -0.495 e. The largest absolute Gasteiger partial charge is 0.495 e. The number of pyridine rings is 2. The van der Waals surface area contributed by atoms with Crippen LogP contribution in [-0.2, 0) is 9.47 Å². The highest BCUT2D eigenvalue weighted by atomic mass is 35.5. The van der Waals surface area contributed by atoms with Gasteiger partial charge in [-0.1, -0.05) is 23.2 Å². The number of benzene rings is 1. The molecular weight excluding hydrogens is 491 g/mol. The molecule has 3 N–H and O–H groups in total. The Hall–Kier alpha value is -2.52. The fraction of sp³-hybridized carbons (Fsp3) is 0.440. The zero-order valence-corrected chi connectivity index (χ0v) is 21.4. The topological polar surface area (TPSA) is 101 Å². The van der Waals surface area contributed by atoms with E-state index in [-0.39, 0.29) is 0 Å². The lowest BCUT2D eigenvalue weighted by Crippen LogP contribution is -2.15. The normalized spacial score (nSPS) is 17.2. The van der Waals surface area contributed by atoms with E-state index in [0.717, 1.165) is 50.2 Å². The van der Waals surface area contributed by atoms with Crippen LogP contribution in [0.1, 0.15) is 19.3 Å². The summed E-state index contributed by atoms with van der Waals surface area (Å²) in [6.07, 6.45) is 5.28. The van der Waals surface area contributed by atoms with E-state index in [9.17, 15) is 0 Å². The number of nitrogens with zero attached hydrogens (tertiary/aromatic N) is 2. The number of hydrogen-bond acceptors (Lipinski definition) is 8. The second kappa shape index (κ2) is 11.9. The second-order valence-corrected chi connectivity index (χ2v) is 9.16. The smallest absolute Gasteiger partial charge is 0.141 e. The zero-order chi connectivity index (χ0) is 24.8. The number of ether oxygens (including phenoxy) is 4. The standard InChI is InChI=1S/C21H22Cl2N4O3.C4H8O/c1-28-15-7-16(29-2)20(23)18(19(15)22)14-5-12-9-25-17(24)6-13(12)21(27-14)26-8-11-3-4-30-10-11;1-2-4-5-3-1/h5-7,9,11H,3-4,8,10H2,1-2H3,(H2,24,25)(H,26,27);1-4H2. The van der Waals surface area contributed by atoms with E-state index in [1.807, 2.05) is 6.07 Å². The van der Waals surface area contributed by atoms with Gasteiger partial charge in [-0.05, 0) is 31.4 Å². The lowest BCUT2D eigenvalue weighted by atomic mass is 10.1. The molecule has 4 heterocycles. The Kier molecular flexibility index (Phi) is 8.73. The number of rotatable bonds is 6. The molecule has 1 aromatic carbocycles. The minimum absolute atomic E-state index is 0.355. The molecule has 2 saturated heterocycles. The summed E-state index contributed by atoms with van der Waals surface area (Å²) < 4.78 is 21.2. The molecule has 10 heteroatoms. The summed E-state index contributed by atoms with van der Waals surface area (Å²) in [6.45, 7) is 4.25. The molecule has 3 aromatic rings. The van der Waals surface area contributed by atoms with Gasteiger partial charge in [-0.3, -0.25) is 0 Å². The molecule has 0 spiro atoms. The number of nitrogens with two attached hydrogens (primary N) is 1. The van der Waals surface area contributed by atoms with Gasteiger partial charge in [-0.25, -0.2) is 9.97 Å². The van der Waals surface area contributed by atoms with Crippen LogP contribution in [0.3, 0.4) is 0 Å². The quantitative estimate of drug-likeness (QED) is 0.442. The first-order valence-corrected chi connectivity index (χ1v) is 12.3. The van der Waals surface area contributed by atoms with E-state index in [1.165, 1.54) is 27.1 Å². The molecule has 0 saturated carbocycles. The molecule has 2 aliphatic heterocycles. The van der Waals surface area contributed by atoms with E-state index >= 15 is 0 Å². The number of halogens is 2. The molecule has 188 valence electrons. The number of aromatic nitrogens is 2. The third-order valence-corrected chi connectivity index (χ3v) is 6.73. The Morgan fingerprint density at radius 1 is 1.03 bits per heavy atom. The molecule has 0 aliphatic carbocycles. The lowest BCUT2D eigenvalue weighted by Gasteiger charge is -2.17. The SMILES string of the molecule is C1CCOC1.COc1cc(OC)c(Cl)c(-c2cc3cnc(N)cc3c(NCC3CCOC3)n2)c1Cl. The highest BCUT2D eigenvalue weighted by Gasteiger charge is 2.22. The minimum atomic E-state index is 0.355. The Labute approximate surface area is 215 Å². The molecule has 2 aliphatic rings. The van der Waals surface area contributed by atoms with Crippen LogP contribution in [0, 0.1) is 5.92 Å². The van der Waals surface area contributed by atoms with Gasteiger partial charge in [0.15, 0.2) is 0 Å². The maximum absolute atomic E-state index is 6.61. The summed E-state index contributed by atoms with van der Waals surface area (Å²) >= 11 is 13.2. The summed E-state index contributed by atoms with van der Waals surface area (Å²) in [7, 11) is 3.07. The fourth-order valence-electron chi connectivity index (χ4n) is 4.03. The Morgan fingerprint density at radius 2 is 1.74 bits per heavy atom. The van der Waals surface area contributed by atoms with Gasteiger partial charge in [0, 0.05) is 60.9 Å². The first kappa shape index (κ1) is 25.6. The molecule has 1 unspecified atom stereocenters. The van der Waals surface area contributed by atoms with Crippen molar-refractivity contribution in [2.45, 2.75) is 19.3 Å². The number of fused-ring (bicyclic) bond motifs is 1. The number of nitrogen functional groups attached to an aromatic ring is 1. The van der Waals surface area contributed by atoms with Crippen molar-refractivity contribution in [3.63, 3.8) is 0 Å². The highest BCUT2D eigenvalue weighted by molar-refractivity contribution is 6.41. The summed E-state index contributed by atoms with van der Waals surface area (Å²) in [5.41, 5.74) is 7.03. The maximum atomic E-state index is 6.61. The lowest BCUT2D eigenvalue weighted by molar-refractivity contribution is 0.187. The highest BCUT2D eigenvalue weighted by Crippen LogP contribution is 2.46. The molecule has 2 fully saturated rings. The van der Waals surface area contributed by atoms with E-state index in [1.54, 1.807) is 18.3 Å². The van der Waals surface area contributed by atoms with E-state index in [0.29, 0.717) is 50.4 Å². The fourth-order valence-corrected chi connectivity index (χ4v) is 4.73. The van der Waals surface area contributed by atoms with Crippen molar-refractivity contribution in [1.82, 2.24) is 9.97 Å². The number of methoxy groups -OCH3 is 2. The number of hydrogen-bond donors (Lipinski definition) is 2. The summed E-state index contributed by atoms with van der Waals surface area (Å²) in [4.78, 5) is 9.05. The van der Waals surface area contributed by atoms with Crippen LogP contribution in [0.25, 0.3) is 22.0 Å². The van der Waals surface area contributed by atoms with Crippen LogP contribution >= 0.6 is 23.2 Å². The van der Waals surface area contributed by atoms with Crippen LogP contribution < -0.4 is 20.5 Å². The first-order valence-electron chi connectivity index (χ1n) is 11.6. The van der Waals surface area contributed by atoms with E-state index < -0.39 is 0 Å². The van der Waals surface area contributed by atoms with E-state index in [2.05, 4.69) is 10.3 Å². The average molecular weight is 521 g/mol. The molecule has 35 heavy (non-hydrogen) atoms. The van der Waals surface area contributed by atoms with Crippen LogP contribution in [0.5, 0.6) is 11.5 Å². The van der Waals surface area contributed by atoms with Gasteiger partial charge < -0.3 is 30.0 Å². The molecule has 5 rings (SSSR count). The van der Waals surface area contributed by atoms with Gasteiger partial charge in [0.05, 0.1) is 36.6 Å². The Bertz CT molecular complexity index is 1130. The average Bonchev–Trinajstić information content (AvgIpc) is 3.60. The predicted molar refractivity (Wildman–Crippen MR) is 140 cm³/mol. The van der Waals surface area contributed by atoms with Crippen molar-refractivity contribution in [2.75, 3.05) is 58.2 Å². The van der Waals surface area contributed by atoms with Crippen molar-refractivity contribution in [1.29, 1.82) is 0 Å². The van der Waals surface area contributed by atoms with Crippen molar-refractivity contribution in [3.8, 4) is 22.8 Å². The van der Waals surface area contributed by atoms with Crippen LogP contribution in [0.15, 0.2) is 24.4 Å². The Balaban J connectivity index is 0.000000514. The number of anilines is 2. The van der Waals surface area contributed by atoms with Crippen molar-refractivity contribution in [2.24, 2.45) is 5.92 Å². The van der Waals surface area contributed by atoms with Gasteiger partial charge in [-0.15, -0.1) is 0 Å². The molecular formula is C25H30Cl2N4O4.